The minimum absolute atomic E-state index is 0.0510. The van der Waals surface area contributed by atoms with Gasteiger partial charge in [0.05, 0.1) is 11.3 Å². The highest BCUT2D eigenvalue weighted by Gasteiger charge is 2.20. The number of carbonyl (C=O) groups is 1. The Hall–Kier alpha value is -2.50. The number of rotatable bonds is 3. The summed E-state index contributed by atoms with van der Waals surface area (Å²) in [6.07, 6.45) is 5.02. The summed E-state index contributed by atoms with van der Waals surface area (Å²) in [5.41, 5.74) is 0.757. The highest BCUT2D eigenvalue weighted by molar-refractivity contribution is 5.93. The number of nitrogens with zero attached hydrogens (tertiary/aromatic N) is 3. The Balaban J connectivity index is 1.72. The molecule has 0 bridgehead atoms. The minimum atomic E-state index is -0.377. The summed E-state index contributed by atoms with van der Waals surface area (Å²) in [4.78, 5) is 22.1. The standard InChI is InChI=1S/C15H15FN4O/c16-12-5-1-2-6-13(12)19-15-17-9-11(10-18-15)14(21)20-7-3-4-8-20/h1-2,5-6,9-10H,3-4,7-8H2,(H,17,18,19). The normalized spacial score (nSPS) is 14.2. The van der Waals surface area contributed by atoms with Crippen LogP contribution in [0, 0.1) is 5.82 Å². The molecule has 108 valence electrons. The van der Waals surface area contributed by atoms with E-state index in [2.05, 4.69) is 15.3 Å². The first-order valence-corrected chi connectivity index (χ1v) is 6.87. The van der Waals surface area contributed by atoms with E-state index in [4.69, 9.17) is 0 Å². The lowest BCUT2D eigenvalue weighted by atomic mass is 10.3. The maximum atomic E-state index is 13.5. The van der Waals surface area contributed by atoms with Gasteiger partial charge in [0.1, 0.15) is 5.82 Å². The third-order valence-electron chi connectivity index (χ3n) is 3.41. The van der Waals surface area contributed by atoms with E-state index in [-0.39, 0.29) is 17.7 Å². The van der Waals surface area contributed by atoms with Crippen LogP contribution in [0.25, 0.3) is 0 Å². The van der Waals surface area contributed by atoms with E-state index in [0.717, 1.165) is 25.9 Å². The van der Waals surface area contributed by atoms with Gasteiger partial charge in [0.15, 0.2) is 0 Å². The molecule has 6 heteroatoms. The summed E-state index contributed by atoms with van der Waals surface area (Å²) in [5.74, 6) is -0.165. The van der Waals surface area contributed by atoms with Crippen LogP contribution in [-0.4, -0.2) is 33.9 Å². The monoisotopic (exact) mass is 286 g/mol. The lowest BCUT2D eigenvalue weighted by Gasteiger charge is -2.14. The van der Waals surface area contributed by atoms with Gasteiger partial charge in [-0.15, -0.1) is 0 Å². The van der Waals surface area contributed by atoms with Crippen LogP contribution in [0.3, 0.4) is 0 Å². The van der Waals surface area contributed by atoms with Gasteiger partial charge in [-0.25, -0.2) is 14.4 Å². The Morgan fingerprint density at radius 2 is 1.81 bits per heavy atom. The van der Waals surface area contributed by atoms with Crippen molar-refractivity contribution < 1.29 is 9.18 Å². The van der Waals surface area contributed by atoms with Crippen molar-refractivity contribution in [2.75, 3.05) is 18.4 Å². The van der Waals surface area contributed by atoms with Crippen LogP contribution in [0.5, 0.6) is 0 Å². The molecule has 1 aromatic carbocycles. The van der Waals surface area contributed by atoms with Crippen LogP contribution < -0.4 is 5.32 Å². The predicted octanol–water partition coefficient (Wildman–Crippen LogP) is 2.60. The van der Waals surface area contributed by atoms with Gasteiger partial charge in [-0.1, -0.05) is 12.1 Å². The average Bonchev–Trinajstić information content (AvgIpc) is 3.04. The van der Waals surface area contributed by atoms with Gasteiger partial charge in [-0.05, 0) is 25.0 Å². The van der Waals surface area contributed by atoms with E-state index >= 15 is 0 Å². The Kier molecular flexibility index (Phi) is 3.77. The minimum Gasteiger partial charge on any atom is -0.339 e. The Bertz CT molecular complexity index is 638. The Morgan fingerprint density at radius 3 is 2.48 bits per heavy atom. The first-order valence-electron chi connectivity index (χ1n) is 6.87. The Morgan fingerprint density at radius 1 is 1.14 bits per heavy atom. The lowest BCUT2D eigenvalue weighted by molar-refractivity contribution is 0.0792. The lowest BCUT2D eigenvalue weighted by Crippen LogP contribution is -2.27. The molecule has 1 aliphatic heterocycles. The smallest absolute Gasteiger partial charge is 0.256 e. The molecule has 1 aromatic heterocycles. The molecule has 1 amide bonds. The summed E-state index contributed by atoms with van der Waals surface area (Å²) in [6.45, 7) is 1.57. The van der Waals surface area contributed by atoms with Gasteiger partial charge in [0.2, 0.25) is 5.95 Å². The molecule has 2 aromatic rings. The summed E-state index contributed by atoms with van der Waals surface area (Å²) < 4.78 is 13.5. The zero-order chi connectivity index (χ0) is 14.7. The number of likely N-dealkylation sites (tertiary alicyclic amines) is 1. The van der Waals surface area contributed by atoms with Gasteiger partial charge in [0, 0.05) is 25.5 Å². The van der Waals surface area contributed by atoms with E-state index in [1.807, 2.05) is 0 Å². The molecule has 1 saturated heterocycles. The number of carbonyl (C=O) groups excluding carboxylic acids is 1. The van der Waals surface area contributed by atoms with Crippen molar-refractivity contribution in [1.29, 1.82) is 0 Å². The molecule has 3 rings (SSSR count). The third kappa shape index (κ3) is 2.99. The van der Waals surface area contributed by atoms with Gasteiger partial charge in [0.25, 0.3) is 5.91 Å². The molecule has 21 heavy (non-hydrogen) atoms. The van der Waals surface area contributed by atoms with Gasteiger partial charge < -0.3 is 10.2 Å². The molecule has 5 nitrogen and oxygen atoms in total. The molecular weight excluding hydrogens is 271 g/mol. The molecule has 1 N–H and O–H groups in total. The van der Waals surface area contributed by atoms with Crippen LogP contribution in [0.4, 0.5) is 16.0 Å². The molecule has 1 fully saturated rings. The molecule has 0 radical (unpaired) electrons. The van der Waals surface area contributed by atoms with Crippen molar-refractivity contribution in [2.45, 2.75) is 12.8 Å². The number of halogens is 1. The van der Waals surface area contributed by atoms with E-state index in [1.54, 1.807) is 23.1 Å². The number of amides is 1. The number of para-hydroxylation sites is 1. The van der Waals surface area contributed by atoms with Gasteiger partial charge >= 0.3 is 0 Å². The van der Waals surface area contributed by atoms with E-state index in [9.17, 15) is 9.18 Å². The molecular formula is C15H15FN4O. The maximum absolute atomic E-state index is 13.5. The second kappa shape index (κ2) is 5.87. The van der Waals surface area contributed by atoms with Crippen LogP contribution in [-0.2, 0) is 0 Å². The second-order valence-corrected chi connectivity index (χ2v) is 4.90. The fraction of sp³-hybridized carbons (Fsp3) is 0.267. The Labute approximate surface area is 121 Å². The van der Waals surface area contributed by atoms with Crippen molar-refractivity contribution in [2.24, 2.45) is 0 Å². The molecule has 0 aliphatic carbocycles. The van der Waals surface area contributed by atoms with E-state index < -0.39 is 0 Å². The number of aromatic nitrogens is 2. The fourth-order valence-corrected chi connectivity index (χ4v) is 2.29. The van der Waals surface area contributed by atoms with Crippen molar-refractivity contribution in [3.8, 4) is 0 Å². The molecule has 0 atom stereocenters. The number of anilines is 2. The van der Waals surface area contributed by atoms with Crippen molar-refractivity contribution >= 4 is 17.5 Å². The van der Waals surface area contributed by atoms with E-state index in [0.29, 0.717) is 11.3 Å². The average molecular weight is 286 g/mol. The van der Waals surface area contributed by atoms with Crippen LogP contribution in [0.15, 0.2) is 36.7 Å². The highest BCUT2D eigenvalue weighted by atomic mass is 19.1. The van der Waals surface area contributed by atoms with Gasteiger partial charge in [-0.2, -0.15) is 0 Å². The number of hydrogen-bond donors (Lipinski definition) is 1. The maximum Gasteiger partial charge on any atom is 0.256 e. The number of benzene rings is 1. The van der Waals surface area contributed by atoms with Crippen LogP contribution in [0.2, 0.25) is 0 Å². The SMILES string of the molecule is O=C(c1cnc(Nc2ccccc2F)nc1)N1CCCC1. The van der Waals surface area contributed by atoms with Crippen molar-refractivity contribution in [3.63, 3.8) is 0 Å². The number of hydrogen-bond acceptors (Lipinski definition) is 4. The first kappa shape index (κ1) is 13.5. The van der Waals surface area contributed by atoms with Crippen LogP contribution in [0.1, 0.15) is 23.2 Å². The largest absolute Gasteiger partial charge is 0.339 e. The predicted molar refractivity (Wildman–Crippen MR) is 76.9 cm³/mol. The molecule has 2 heterocycles. The molecule has 0 saturated carbocycles. The quantitative estimate of drug-likeness (QED) is 0.942. The topological polar surface area (TPSA) is 58.1 Å². The van der Waals surface area contributed by atoms with Crippen molar-refractivity contribution in [1.82, 2.24) is 14.9 Å². The summed E-state index contributed by atoms with van der Waals surface area (Å²) in [7, 11) is 0. The zero-order valence-electron chi connectivity index (χ0n) is 11.4. The first-order chi connectivity index (χ1) is 10.2. The molecule has 0 unspecified atom stereocenters. The summed E-state index contributed by atoms with van der Waals surface area (Å²) >= 11 is 0. The number of nitrogens with one attached hydrogen (secondary N) is 1. The molecule has 0 spiro atoms. The van der Waals surface area contributed by atoms with Crippen LogP contribution >= 0.6 is 0 Å². The second-order valence-electron chi connectivity index (χ2n) is 4.90. The fourth-order valence-electron chi connectivity index (χ4n) is 2.29. The summed E-state index contributed by atoms with van der Waals surface area (Å²) in [5, 5.41) is 2.79. The zero-order valence-corrected chi connectivity index (χ0v) is 11.4. The highest BCUT2D eigenvalue weighted by Crippen LogP contribution is 2.17. The van der Waals surface area contributed by atoms with E-state index in [1.165, 1.54) is 18.5 Å². The van der Waals surface area contributed by atoms with Gasteiger partial charge in [-0.3, -0.25) is 4.79 Å². The van der Waals surface area contributed by atoms with Crippen molar-refractivity contribution in [3.05, 3.63) is 48.0 Å². The third-order valence-corrected chi connectivity index (χ3v) is 3.41. The summed E-state index contributed by atoms with van der Waals surface area (Å²) in [6, 6.07) is 6.28. The molecule has 1 aliphatic rings.